The lowest BCUT2D eigenvalue weighted by Crippen LogP contribution is -2.54. The zero-order valence-electron chi connectivity index (χ0n) is 8.12. The minimum atomic E-state index is -2.18. The van der Waals surface area contributed by atoms with Crippen LogP contribution in [0.1, 0.15) is 32.1 Å². The fourth-order valence-electron chi connectivity index (χ4n) is 1.87. The van der Waals surface area contributed by atoms with Crippen LogP contribution in [0.25, 0.3) is 0 Å². The predicted molar refractivity (Wildman–Crippen MR) is 51.7 cm³/mol. The summed E-state index contributed by atoms with van der Waals surface area (Å²) >= 11 is -2.18. The lowest BCUT2D eigenvalue weighted by Gasteiger charge is -2.33. The molecule has 0 aromatic heterocycles. The third-order valence-electron chi connectivity index (χ3n) is 2.57. The molecular weight excluding hydrogens is 206 g/mol. The first-order valence-electron chi connectivity index (χ1n) is 4.58. The average molecular weight is 221 g/mol. The van der Waals surface area contributed by atoms with Crippen LogP contribution in [0.4, 0.5) is 0 Å². The molecule has 14 heavy (non-hydrogen) atoms. The van der Waals surface area contributed by atoms with E-state index in [1.807, 2.05) is 0 Å². The van der Waals surface area contributed by atoms with Gasteiger partial charge in [0.05, 0.1) is 7.11 Å². The van der Waals surface area contributed by atoms with E-state index in [-0.39, 0.29) is 0 Å². The van der Waals surface area contributed by atoms with Gasteiger partial charge in [-0.25, -0.2) is 4.21 Å². The number of carbonyl (C=O) groups excluding carboxylic acids is 1. The molecule has 0 spiro atoms. The largest absolute Gasteiger partial charge is 0.468 e. The van der Waals surface area contributed by atoms with Crippen molar-refractivity contribution in [3.63, 3.8) is 0 Å². The molecule has 82 valence electrons. The van der Waals surface area contributed by atoms with E-state index in [4.69, 9.17) is 4.55 Å². The Kier molecular flexibility index (Phi) is 4.03. The monoisotopic (exact) mass is 221 g/mol. The molecular formula is C8H15NO4S. The van der Waals surface area contributed by atoms with Gasteiger partial charge in [0.25, 0.3) is 0 Å². The number of hydrogen-bond acceptors (Lipinski definition) is 3. The third kappa shape index (κ3) is 2.52. The number of esters is 1. The van der Waals surface area contributed by atoms with E-state index >= 15 is 0 Å². The van der Waals surface area contributed by atoms with E-state index in [2.05, 4.69) is 9.46 Å². The Morgan fingerprint density at radius 3 is 2.43 bits per heavy atom. The Bertz CT molecular complexity index is 237. The van der Waals surface area contributed by atoms with Crippen LogP contribution in [0.15, 0.2) is 0 Å². The normalized spacial score (nSPS) is 22.7. The molecule has 0 bridgehead atoms. The molecule has 1 atom stereocenters. The Morgan fingerprint density at radius 2 is 2.00 bits per heavy atom. The number of hydrogen-bond donors (Lipinski definition) is 2. The molecule has 0 saturated heterocycles. The molecule has 5 nitrogen and oxygen atoms in total. The maximum absolute atomic E-state index is 11.5. The van der Waals surface area contributed by atoms with Gasteiger partial charge in [-0.3, -0.25) is 9.35 Å². The zero-order chi connectivity index (χ0) is 10.6. The maximum atomic E-state index is 11.5. The number of rotatable bonds is 3. The van der Waals surface area contributed by atoms with Gasteiger partial charge < -0.3 is 4.74 Å². The standard InChI is InChI=1S/C8H15NO4S/c1-13-7(10)8(9-14(11)12)5-3-2-4-6-8/h9H,2-6H2,1H3,(H,11,12). The molecule has 1 unspecified atom stereocenters. The highest BCUT2D eigenvalue weighted by atomic mass is 32.2. The van der Waals surface area contributed by atoms with Gasteiger partial charge in [0.1, 0.15) is 5.54 Å². The summed E-state index contributed by atoms with van der Waals surface area (Å²) in [6.45, 7) is 0. The van der Waals surface area contributed by atoms with Crippen molar-refractivity contribution >= 4 is 17.2 Å². The summed E-state index contributed by atoms with van der Waals surface area (Å²) in [5, 5.41) is 0. The van der Waals surface area contributed by atoms with Crippen LogP contribution in [0, 0.1) is 0 Å². The van der Waals surface area contributed by atoms with E-state index in [0.29, 0.717) is 12.8 Å². The van der Waals surface area contributed by atoms with Crippen molar-refractivity contribution in [2.75, 3.05) is 7.11 Å². The van der Waals surface area contributed by atoms with Crippen LogP contribution in [-0.2, 0) is 20.8 Å². The first kappa shape index (κ1) is 11.6. The molecule has 1 aliphatic carbocycles. The lowest BCUT2D eigenvalue weighted by atomic mass is 9.83. The average Bonchev–Trinajstić information content (AvgIpc) is 2.17. The fraction of sp³-hybridized carbons (Fsp3) is 0.875. The Labute approximate surface area is 85.6 Å². The Hall–Kier alpha value is -0.460. The highest BCUT2D eigenvalue weighted by molar-refractivity contribution is 7.77. The van der Waals surface area contributed by atoms with E-state index in [9.17, 15) is 9.00 Å². The smallest absolute Gasteiger partial charge is 0.327 e. The summed E-state index contributed by atoms with van der Waals surface area (Å²) in [5.41, 5.74) is -0.952. The van der Waals surface area contributed by atoms with E-state index < -0.39 is 22.8 Å². The van der Waals surface area contributed by atoms with Crippen LogP contribution >= 0.6 is 0 Å². The van der Waals surface area contributed by atoms with E-state index in [1.165, 1.54) is 7.11 Å². The van der Waals surface area contributed by atoms with Crippen molar-refractivity contribution in [2.45, 2.75) is 37.6 Å². The summed E-state index contributed by atoms with van der Waals surface area (Å²) in [7, 11) is 1.29. The van der Waals surface area contributed by atoms with Crippen molar-refractivity contribution in [3.05, 3.63) is 0 Å². The molecule has 0 heterocycles. The van der Waals surface area contributed by atoms with Gasteiger partial charge >= 0.3 is 5.97 Å². The molecule has 0 aromatic rings. The molecule has 1 aliphatic rings. The van der Waals surface area contributed by atoms with Gasteiger partial charge in [0.2, 0.25) is 11.3 Å². The molecule has 1 saturated carbocycles. The molecule has 6 heteroatoms. The maximum Gasteiger partial charge on any atom is 0.327 e. The molecule has 0 radical (unpaired) electrons. The van der Waals surface area contributed by atoms with Crippen LogP contribution in [0.5, 0.6) is 0 Å². The van der Waals surface area contributed by atoms with Crippen LogP contribution in [-0.4, -0.2) is 27.4 Å². The van der Waals surface area contributed by atoms with Gasteiger partial charge in [-0.15, -0.1) is 0 Å². The third-order valence-corrected chi connectivity index (χ3v) is 3.13. The predicted octanol–water partition coefficient (Wildman–Crippen LogP) is 0.589. The molecule has 1 rings (SSSR count). The Balaban J connectivity index is 2.76. The topological polar surface area (TPSA) is 75.6 Å². The lowest BCUT2D eigenvalue weighted by molar-refractivity contribution is -0.149. The van der Waals surface area contributed by atoms with Crippen LogP contribution in [0.3, 0.4) is 0 Å². The van der Waals surface area contributed by atoms with E-state index in [0.717, 1.165) is 19.3 Å². The first-order valence-corrected chi connectivity index (χ1v) is 5.68. The molecule has 2 N–H and O–H groups in total. The highest BCUT2D eigenvalue weighted by Gasteiger charge is 2.41. The van der Waals surface area contributed by atoms with Gasteiger partial charge in [-0.05, 0) is 12.8 Å². The van der Waals surface area contributed by atoms with Gasteiger partial charge in [-0.1, -0.05) is 19.3 Å². The van der Waals surface area contributed by atoms with Gasteiger partial charge in [0.15, 0.2) is 0 Å². The van der Waals surface area contributed by atoms with Crippen molar-refractivity contribution in [1.82, 2.24) is 4.72 Å². The molecule has 1 fully saturated rings. The summed E-state index contributed by atoms with van der Waals surface area (Å²) in [6.07, 6.45) is 3.93. The summed E-state index contributed by atoms with van der Waals surface area (Å²) in [4.78, 5) is 11.5. The highest BCUT2D eigenvalue weighted by Crippen LogP contribution is 2.29. The minimum Gasteiger partial charge on any atom is -0.468 e. The van der Waals surface area contributed by atoms with Crippen molar-refractivity contribution < 1.29 is 18.3 Å². The van der Waals surface area contributed by atoms with Crippen molar-refractivity contribution in [1.29, 1.82) is 0 Å². The van der Waals surface area contributed by atoms with Crippen molar-refractivity contribution in [3.8, 4) is 0 Å². The second-order valence-corrected chi connectivity index (χ2v) is 4.19. The summed E-state index contributed by atoms with van der Waals surface area (Å²) in [6, 6.07) is 0. The number of carbonyl (C=O) groups is 1. The van der Waals surface area contributed by atoms with Crippen LogP contribution in [0.2, 0.25) is 0 Å². The molecule has 0 aliphatic heterocycles. The SMILES string of the molecule is COC(=O)C1(NS(=O)O)CCCCC1. The second-order valence-electron chi connectivity index (χ2n) is 3.49. The van der Waals surface area contributed by atoms with Crippen LogP contribution < -0.4 is 4.72 Å². The number of nitrogens with one attached hydrogen (secondary N) is 1. The van der Waals surface area contributed by atoms with Gasteiger partial charge in [0, 0.05) is 0 Å². The summed E-state index contributed by atoms with van der Waals surface area (Å²) in [5.74, 6) is -0.445. The zero-order valence-corrected chi connectivity index (χ0v) is 8.93. The Morgan fingerprint density at radius 1 is 1.43 bits per heavy atom. The number of methoxy groups -OCH3 is 1. The molecule has 0 aromatic carbocycles. The minimum absolute atomic E-state index is 0.445. The number of ether oxygens (including phenoxy) is 1. The summed E-state index contributed by atoms with van der Waals surface area (Å²) < 4.78 is 26.5. The second kappa shape index (κ2) is 4.86. The fourth-order valence-corrected chi connectivity index (χ4v) is 2.49. The van der Waals surface area contributed by atoms with Gasteiger partial charge in [-0.2, -0.15) is 4.72 Å². The van der Waals surface area contributed by atoms with Crippen molar-refractivity contribution in [2.24, 2.45) is 0 Å². The quantitative estimate of drug-likeness (QED) is 0.540. The molecule has 0 amide bonds. The first-order chi connectivity index (χ1) is 6.60. The van der Waals surface area contributed by atoms with E-state index in [1.54, 1.807) is 0 Å².